The molecule has 1 aromatic rings. The number of alkyl halides is 3. The lowest BCUT2D eigenvalue weighted by atomic mass is 10.1. The van der Waals surface area contributed by atoms with Gasteiger partial charge in [0.25, 0.3) is 0 Å². The van der Waals surface area contributed by atoms with Gasteiger partial charge in [-0.15, -0.1) is 13.2 Å². The van der Waals surface area contributed by atoms with Crippen LogP contribution in [0.5, 0.6) is 5.75 Å². The maximum absolute atomic E-state index is 12.0. The van der Waals surface area contributed by atoms with Gasteiger partial charge in [0.2, 0.25) is 0 Å². The number of carbonyl (C=O) groups is 1. The van der Waals surface area contributed by atoms with Gasteiger partial charge in [0.05, 0.1) is 19.8 Å². The highest BCUT2D eigenvalue weighted by molar-refractivity contribution is 5.85. The van der Waals surface area contributed by atoms with Gasteiger partial charge in [0.1, 0.15) is 11.9 Å². The largest absolute Gasteiger partial charge is 0.573 e. The molecule has 1 aliphatic heterocycles. The van der Waals surface area contributed by atoms with Crippen LogP contribution in [0.4, 0.5) is 13.2 Å². The third kappa shape index (κ3) is 4.50. The molecule has 0 radical (unpaired) electrons. The first kappa shape index (κ1) is 14.8. The van der Waals surface area contributed by atoms with Crippen molar-refractivity contribution < 1.29 is 32.2 Å². The molecular formula is C13H13F3O4. The highest BCUT2D eigenvalue weighted by Gasteiger charge is 2.31. The number of carbonyl (C=O) groups excluding carboxylic acids is 1. The number of ether oxygens (including phenoxy) is 3. The second kappa shape index (κ2) is 6.23. The molecule has 20 heavy (non-hydrogen) atoms. The van der Waals surface area contributed by atoms with Crippen LogP contribution in [-0.2, 0) is 20.7 Å². The zero-order valence-electron chi connectivity index (χ0n) is 10.5. The van der Waals surface area contributed by atoms with Gasteiger partial charge in [0.15, 0.2) is 5.78 Å². The van der Waals surface area contributed by atoms with E-state index in [1.165, 1.54) is 24.3 Å². The van der Waals surface area contributed by atoms with Gasteiger partial charge in [-0.25, -0.2) is 0 Å². The van der Waals surface area contributed by atoms with Crippen LogP contribution in [0, 0.1) is 0 Å². The summed E-state index contributed by atoms with van der Waals surface area (Å²) >= 11 is 0. The molecule has 4 nitrogen and oxygen atoms in total. The van der Waals surface area contributed by atoms with E-state index in [0.717, 1.165) is 0 Å². The number of hydrogen-bond donors (Lipinski definition) is 0. The lowest BCUT2D eigenvalue weighted by Gasteiger charge is -2.21. The molecule has 0 spiro atoms. The Balaban J connectivity index is 1.91. The molecule has 0 N–H and O–H groups in total. The van der Waals surface area contributed by atoms with E-state index in [2.05, 4.69) is 4.74 Å². The first-order chi connectivity index (χ1) is 9.44. The van der Waals surface area contributed by atoms with E-state index < -0.39 is 12.5 Å². The molecule has 0 aromatic heterocycles. The van der Waals surface area contributed by atoms with Crippen LogP contribution < -0.4 is 4.74 Å². The summed E-state index contributed by atoms with van der Waals surface area (Å²) in [6.07, 6.45) is -5.24. The molecule has 1 atom stereocenters. The van der Waals surface area contributed by atoms with Gasteiger partial charge >= 0.3 is 6.36 Å². The molecule has 0 saturated carbocycles. The molecule has 1 unspecified atom stereocenters. The van der Waals surface area contributed by atoms with Gasteiger partial charge in [0, 0.05) is 6.42 Å². The summed E-state index contributed by atoms with van der Waals surface area (Å²) in [6, 6.07) is 5.19. The molecule has 0 bridgehead atoms. The number of benzene rings is 1. The Morgan fingerprint density at radius 1 is 1.25 bits per heavy atom. The average molecular weight is 290 g/mol. The van der Waals surface area contributed by atoms with Crippen LogP contribution in [0.1, 0.15) is 5.56 Å². The van der Waals surface area contributed by atoms with Crippen LogP contribution in [-0.4, -0.2) is 38.1 Å². The van der Waals surface area contributed by atoms with Gasteiger partial charge in [-0.1, -0.05) is 12.1 Å². The van der Waals surface area contributed by atoms with Gasteiger partial charge in [-0.2, -0.15) is 0 Å². The Kier molecular flexibility index (Phi) is 4.61. The fourth-order valence-corrected chi connectivity index (χ4v) is 1.80. The summed E-state index contributed by atoms with van der Waals surface area (Å²) in [5.74, 6) is -0.472. The van der Waals surface area contributed by atoms with Crippen molar-refractivity contribution in [3.05, 3.63) is 29.8 Å². The molecular weight excluding hydrogens is 277 g/mol. The molecule has 2 rings (SSSR count). The minimum absolute atomic E-state index is 0.0837. The number of Topliss-reactive ketones (excluding diaryl/α,β-unsaturated/α-hetero) is 1. The summed E-state index contributed by atoms with van der Waals surface area (Å²) in [5.41, 5.74) is 0.596. The van der Waals surface area contributed by atoms with E-state index in [9.17, 15) is 18.0 Å². The summed E-state index contributed by atoms with van der Waals surface area (Å²) in [6.45, 7) is 1.05. The van der Waals surface area contributed by atoms with Crippen molar-refractivity contribution in [2.45, 2.75) is 18.9 Å². The van der Waals surface area contributed by atoms with Crippen LogP contribution in [0.3, 0.4) is 0 Å². The van der Waals surface area contributed by atoms with E-state index in [1.807, 2.05) is 0 Å². The van der Waals surface area contributed by atoms with Crippen molar-refractivity contribution in [2.24, 2.45) is 0 Å². The van der Waals surface area contributed by atoms with E-state index in [-0.39, 0.29) is 24.6 Å². The van der Waals surface area contributed by atoms with E-state index >= 15 is 0 Å². The number of ketones is 1. The minimum Gasteiger partial charge on any atom is -0.406 e. The molecule has 110 valence electrons. The maximum atomic E-state index is 12.0. The van der Waals surface area contributed by atoms with E-state index in [4.69, 9.17) is 9.47 Å². The zero-order valence-corrected chi connectivity index (χ0v) is 10.5. The molecule has 1 aromatic carbocycles. The number of hydrogen-bond acceptors (Lipinski definition) is 4. The summed E-state index contributed by atoms with van der Waals surface area (Å²) in [5, 5.41) is 0. The molecule has 1 heterocycles. The second-order valence-electron chi connectivity index (χ2n) is 4.27. The van der Waals surface area contributed by atoms with Crippen molar-refractivity contribution in [1.82, 2.24) is 0 Å². The third-order valence-corrected chi connectivity index (χ3v) is 2.71. The number of halogens is 3. The molecule has 1 saturated heterocycles. The van der Waals surface area contributed by atoms with Gasteiger partial charge < -0.3 is 14.2 Å². The lowest BCUT2D eigenvalue weighted by molar-refractivity contribution is -0.274. The van der Waals surface area contributed by atoms with Crippen molar-refractivity contribution in [3.63, 3.8) is 0 Å². The highest BCUT2D eigenvalue weighted by atomic mass is 19.4. The first-order valence-electron chi connectivity index (χ1n) is 6.01. The van der Waals surface area contributed by atoms with E-state index in [1.54, 1.807) is 0 Å². The second-order valence-corrected chi connectivity index (χ2v) is 4.27. The average Bonchev–Trinajstić information content (AvgIpc) is 2.40. The third-order valence-electron chi connectivity index (χ3n) is 2.71. The fraction of sp³-hybridized carbons (Fsp3) is 0.462. The molecule has 0 aliphatic carbocycles. The molecule has 7 heteroatoms. The normalized spacial score (nSPS) is 19.6. The Bertz CT molecular complexity index is 450. The predicted molar refractivity (Wildman–Crippen MR) is 62.4 cm³/mol. The van der Waals surface area contributed by atoms with Crippen LogP contribution >= 0.6 is 0 Å². The Hall–Kier alpha value is -1.60. The summed E-state index contributed by atoms with van der Waals surface area (Å²) < 4.78 is 50.1. The molecule has 0 amide bonds. The van der Waals surface area contributed by atoms with Gasteiger partial charge in [-0.05, 0) is 17.7 Å². The monoisotopic (exact) mass is 290 g/mol. The Morgan fingerprint density at radius 3 is 2.50 bits per heavy atom. The molecule has 1 aliphatic rings. The summed E-state index contributed by atoms with van der Waals surface area (Å²) in [4.78, 5) is 11.9. The zero-order chi connectivity index (χ0) is 14.6. The standard InChI is InChI=1S/C13H13F3O4/c14-13(15,16)20-10-3-1-9(2-4-10)7-11(17)12-8-18-5-6-19-12/h1-4,12H,5-8H2. The Labute approximate surface area is 113 Å². The van der Waals surface area contributed by atoms with Crippen molar-refractivity contribution in [3.8, 4) is 5.75 Å². The highest BCUT2D eigenvalue weighted by Crippen LogP contribution is 2.23. The van der Waals surface area contributed by atoms with Crippen LogP contribution in [0.2, 0.25) is 0 Å². The predicted octanol–water partition coefficient (Wildman–Crippen LogP) is 2.11. The lowest BCUT2D eigenvalue weighted by Crippen LogP contribution is -2.36. The van der Waals surface area contributed by atoms with Crippen LogP contribution in [0.25, 0.3) is 0 Å². The van der Waals surface area contributed by atoms with Crippen LogP contribution in [0.15, 0.2) is 24.3 Å². The van der Waals surface area contributed by atoms with Crippen molar-refractivity contribution >= 4 is 5.78 Å². The molecule has 1 fully saturated rings. The quantitative estimate of drug-likeness (QED) is 0.852. The minimum atomic E-state index is -4.72. The smallest absolute Gasteiger partial charge is 0.406 e. The summed E-state index contributed by atoms with van der Waals surface area (Å²) in [7, 11) is 0. The number of rotatable bonds is 4. The van der Waals surface area contributed by atoms with Crippen molar-refractivity contribution in [1.29, 1.82) is 0 Å². The first-order valence-corrected chi connectivity index (χ1v) is 6.01. The van der Waals surface area contributed by atoms with Gasteiger partial charge in [-0.3, -0.25) is 4.79 Å². The fourth-order valence-electron chi connectivity index (χ4n) is 1.80. The topological polar surface area (TPSA) is 44.8 Å². The maximum Gasteiger partial charge on any atom is 0.573 e. The van der Waals surface area contributed by atoms with E-state index in [0.29, 0.717) is 18.8 Å². The van der Waals surface area contributed by atoms with Crippen molar-refractivity contribution in [2.75, 3.05) is 19.8 Å². The Morgan fingerprint density at radius 2 is 1.95 bits per heavy atom. The SMILES string of the molecule is O=C(Cc1ccc(OC(F)(F)F)cc1)C1COCCO1.